The van der Waals surface area contributed by atoms with Crippen LogP contribution in [0.25, 0.3) is 0 Å². The molecule has 2 atom stereocenters. The first kappa shape index (κ1) is 18.6. The molecule has 1 aromatic carbocycles. The van der Waals surface area contributed by atoms with Crippen molar-refractivity contribution in [2.45, 2.75) is 78.2 Å². The summed E-state index contributed by atoms with van der Waals surface area (Å²) < 4.78 is 0. The topological polar surface area (TPSA) is 40.5 Å². The van der Waals surface area contributed by atoms with Crippen molar-refractivity contribution >= 4 is 0 Å². The molecule has 22 heavy (non-hydrogen) atoms. The molecule has 0 bridgehead atoms. The van der Waals surface area contributed by atoms with Gasteiger partial charge in [0.1, 0.15) is 11.9 Å². The summed E-state index contributed by atoms with van der Waals surface area (Å²) in [5.74, 6) is 6.65. The highest BCUT2D eigenvalue weighted by Gasteiger charge is 2.22. The van der Waals surface area contributed by atoms with Gasteiger partial charge in [-0.15, -0.1) is 0 Å². The fraction of sp³-hybridized carbons (Fsp3) is 0.600. The first-order valence-electron chi connectivity index (χ1n) is 8.27. The minimum atomic E-state index is -0.580. The van der Waals surface area contributed by atoms with Crippen molar-refractivity contribution in [3.05, 3.63) is 28.8 Å². The number of phenolic OH excluding ortho intramolecular Hbond substituents is 1. The Morgan fingerprint density at radius 2 is 1.82 bits per heavy atom. The lowest BCUT2D eigenvalue weighted by molar-refractivity contribution is 0.221. The number of benzene rings is 1. The third-order valence-electron chi connectivity index (χ3n) is 4.04. The summed E-state index contributed by atoms with van der Waals surface area (Å²) in [5, 5.41) is 20.4. The van der Waals surface area contributed by atoms with Gasteiger partial charge in [-0.1, -0.05) is 59.8 Å². The molecule has 0 aromatic heterocycles. The summed E-state index contributed by atoms with van der Waals surface area (Å²) in [6.45, 7) is 12.5. The van der Waals surface area contributed by atoms with Gasteiger partial charge in [0.25, 0.3) is 0 Å². The summed E-state index contributed by atoms with van der Waals surface area (Å²) in [5.41, 5.74) is 2.59. The normalized spacial score (nSPS) is 14.1. The molecule has 0 aliphatic rings. The fourth-order valence-electron chi connectivity index (χ4n) is 2.41. The van der Waals surface area contributed by atoms with Gasteiger partial charge in [0.2, 0.25) is 0 Å². The molecule has 1 aromatic rings. The van der Waals surface area contributed by atoms with Crippen LogP contribution in [0.2, 0.25) is 0 Å². The van der Waals surface area contributed by atoms with Crippen LogP contribution in [0.1, 0.15) is 83.4 Å². The quantitative estimate of drug-likeness (QED) is 0.790. The van der Waals surface area contributed by atoms with Gasteiger partial charge in [0.05, 0.1) is 0 Å². The van der Waals surface area contributed by atoms with Crippen LogP contribution in [0.3, 0.4) is 0 Å². The van der Waals surface area contributed by atoms with Crippen molar-refractivity contribution in [2.75, 3.05) is 0 Å². The Hall–Kier alpha value is -1.46. The van der Waals surface area contributed by atoms with E-state index in [1.165, 1.54) is 0 Å². The monoisotopic (exact) mass is 302 g/mol. The summed E-state index contributed by atoms with van der Waals surface area (Å²) >= 11 is 0. The minimum absolute atomic E-state index is 0.147. The van der Waals surface area contributed by atoms with E-state index in [4.69, 9.17) is 0 Å². The number of phenols is 1. The van der Waals surface area contributed by atoms with E-state index in [0.717, 1.165) is 29.5 Å². The van der Waals surface area contributed by atoms with Gasteiger partial charge in [0.15, 0.2) is 0 Å². The molecular weight excluding hydrogens is 272 g/mol. The van der Waals surface area contributed by atoms with Crippen molar-refractivity contribution < 1.29 is 10.2 Å². The summed E-state index contributed by atoms with van der Waals surface area (Å²) in [4.78, 5) is 0. The molecule has 0 spiro atoms. The van der Waals surface area contributed by atoms with Crippen LogP contribution in [-0.4, -0.2) is 16.3 Å². The van der Waals surface area contributed by atoms with E-state index < -0.39 is 6.10 Å². The fourth-order valence-corrected chi connectivity index (χ4v) is 2.41. The van der Waals surface area contributed by atoms with Gasteiger partial charge >= 0.3 is 0 Å². The maximum absolute atomic E-state index is 10.6. The second-order valence-corrected chi connectivity index (χ2v) is 7.09. The summed E-state index contributed by atoms with van der Waals surface area (Å²) in [6.07, 6.45) is 1.99. The van der Waals surface area contributed by atoms with Crippen LogP contribution < -0.4 is 0 Å². The molecule has 0 radical (unpaired) electrons. The molecule has 2 nitrogen and oxygen atoms in total. The summed E-state index contributed by atoms with van der Waals surface area (Å²) in [6, 6.07) is 3.91. The predicted molar refractivity (Wildman–Crippen MR) is 93.3 cm³/mol. The molecule has 1 rings (SSSR count). The Kier molecular flexibility index (Phi) is 6.50. The highest BCUT2D eigenvalue weighted by atomic mass is 16.3. The standard InChI is InChI=1S/C20H30O2/c1-7-9-16(21)11-10-15-12-17(14(3)8-2)19(22)18(13-15)20(4,5)6/h12-14,16,21-22H,7-9H2,1-6H3. The van der Waals surface area contributed by atoms with Gasteiger partial charge in [0, 0.05) is 11.1 Å². The molecule has 0 amide bonds. The number of hydrogen-bond acceptors (Lipinski definition) is 2. The first-order chi connectivity index (χ1) is 10.2. The lowest BCUT2D eigenvalue weighted by Crippen LogP contribution is -2.13. The maximum atomic E-state index is 10.6. The summed E-state index contributed by atoms with van der Waals surface area (Å²) in [7, 11) is 0. The van der Waals surface area contributed by atoms with Crippen molar-refractivity contribution in [2.24, 2.45) is 0 Å². The smallest absolute Gasteiger partial charge is 0.122 e. The van der Waals surface area contributed by atoms with Gasteiger partial charge in [-0.05, 0) is 41.9 Å². The van der Waals surface area contributed by atoms with Crippen molar-refractivity contribution in [3.8, 4) is 17.6 Å². The Morgan fingerprint density at radius 1 is 1.18 bits per heavy atom. The third kappa shape index (κ3) is 4.78. The average Bonchev–Trinajstić information content (AvgIpc) is 2.44. The van der Waals surface area contributed by atoms with Crippen molar-refractivity contribution in [3.63, 3.8) is 0 Å². The molecule has 122 valence electrons. The highest BCUT2D eigenvalue weighted by Crippen LogP contribution is 2.38. The minimum Gasteiger partial charge on any atom is -0.507 e. The third-order valence-corrected chi connectivity index (χ3v) is 4.04. The largest absolute Gasteiger partial charge is 0.507 e. The van der Waals surface area contributed by atoms with E-state index in [0.29, 0.717) is 12.2 Å². The molecule has 0 saturated carbocycles. The Balaban J connectivity index is 3.35. The molecule has 2 unspecified atom stereocenters. The lowest BCUT2D eigenvalue weighted by atomic mass is 9.82. The van der Waals surface area contributed by atoms with Crippen LogP contribution in [0, 0.1) is 11.8 Å². The zero-order valence-electron chi connectivity index (χ0n) is 14.8. The number of aromatic hydroxyl groups is 1. The van der Waals surface area contributed by atoms with E-state index in [-0.39, 0.29) is 11.3 Å². The van der Waals surface area contributed by atoms with Crippen molar-refractivity contribution in [1.29, 1.82) is 0 Å². The zero-order chi connectivity index (χ0) is 16.9. The van der Waals surface area contributed by atoms with Crippen LogP contribution >= 0.6 is 0 Å². The molecule has 0 heterocycles. The molecular formula is C20H30O2. The van der Waals surface area contributed by atoms with Gasteiger partial charge in [-0.2, -0.15) is 0 Å². The second-order valence-electron chi connectivity index (χ2n) is 7.09. The number of rotatable bonds is 4. The lowest BCUT2D eigenvalue weighted by Gasteiger charge is -2.24. The molecule has 0 aliphatic heterocycles. The van der Waals surface area contributed by atoms with Crippen LogP contribution in [0.5, 0.6) is 5.75 Å². The van der Waals surface area contributed by atoms with Gasteiger partial charge in [-0.3, -0.25) is 0 Å². The van der Waals surface area contributed by atoms with E-state index in [1.807, 2.05) is 19.1 Å². The average molecular weight is 302 g/mol. The molecule has 2 heteroatoms. The van der Waals surface area contributed by atoms with Gasteiger partial charge < -0.3 is 10.2 Å². The van der Waals surface area contributed by atoms with Crippen LogP contribution in [0.15, 0.2) is 12.1 Å². The Bertz CT molecular complexity index is 556. The Morgan fingerprint density at radius 3 is 2.32 bits per heavy atom. The van der Waals surface area contributed by atoms with Crippen LogP contribution in [0.4, 0.5) is 0 Å². The van der Waals surface area contributed by atoms with E-state index in [9.17, 15) is 10.2 Å². The Labute approximate surface area is 135 Å². The van der Waals surface area contributed by atoms with E-state index in [1.54, 1.807) is 0 Å². The van der Waals surface area contributed by atoms with Crippen molar-refractivity contribution in [1.82, 2.24) is 0 Å². The molecule has 0 aliphatic carbocycles. The number of aliphatic hydroxyl groups excluding tert-OH is 1. The molecule has 0 saturated heterocycles. The predicted octanol–water partition coefficient (Wildman–Crippen LogP) is 4.72. The van der Waals surface area contributed by atoms with E-state index in [2.05, 4.69) is 46.5 Å². The number of hydrogen-bond donors (Lipinski definition) is 2. The maximum Gasteiger partial charge on any atom is 0.122 e. The molecule has 2 N–H and O–H groups in total. The van der Waals surface area contributed by atoms with Gasteiger partial charge in [-0.25, -0.2) is 0 Å². The van der Waals surface area contributed by atoms with E-state index >= 15 is 0 Å². The zero-order valence-corrected chi connectivity index (χ0v) is 14.8. The first-order valence-corrected chi connectivity index (χ1v) is 8.27. The number of aliphatic hydroxyl groups is 1. The molecule has 0 fully saturated rings. The highest BCUT2D eigenvalue weighted by molar-refractivity contribution is 5.52. The SMILES string of the molecule is CCCC(O)C#Cc1cc(C(C)CC)c(O)c(C(C)(C)C)c1. The van der Waals surface area contributed by atoms with Crippen LogP contribution in [-0.2, 0) is 5.41 Å². The second kappa shape index (κ2) is 7.70.